The molecule has 0 saturated carbocycles. The number of carbonyl (C=O) groups excluding carboxylic acids is 1. The van der Waals surface area contributed by atoms with E-state index in [1.807, 2.05) is 0 Å². The van der Waals surface area contributed by atoms with E-state index < -0.39 is 11.7 Å². The number of nitrogens with one attached hydrogen (secondary N) is 1. The third kappa shape index (κ3) is 1.04. The van der Waals surface area contributed by atoms with Crippen molar-refractivity contribution in [3.8, 4) is 0 Å². The molecule has 1 rings (SSSR count). The number of nitrogen functional groups attached to an aromatic ring is 1. The minimum absolute atomic E-state index is 0.281. The van der Waals surface area contributed by atoms with Crippen molar-refractivity contribution in [1.29, 1.82) is 0 Å². The molecule has 0 saturated heterocycles. The maximum atomic E-state index is 11.1. The summed E-state index contributed by atoms with van der Waals surface area (Å²) >= 11 is 0. The van der Waals surface area contributed by atoms with Gasteiger partial charge in [0.1, 0.15) is 0 Å². The van der Waals surface area contributed by atoms with Crippen molar-refractivity contribution in [3.63, 3.8) is 0 Å². The molecule has 0 bridgehead atoms. The van der Waals surface area contributed by atoms with Crippen molar-refractivity contribution in [2.75, 3.05) is 12.9 Å². The van der Waals surface area contributed by atoms with Crippen LogP contribution in [-0.2, 0) is 0 Å². The molecule has 0 fully saturated rings. The second-order valence-electron chi connectivity index (χ2n) is 2.17. The molecule has 0 unspecified atom stereocenters. The summed E-state index contributed by atoms with van der Waals surface area (Å²) in [5.41, 5.74) is -0.660. The lowest BCUT2D eigenvalue weighted by Gasteiger charge is -1.93. The van der Waals surface area contributed by atoms with E-state index in [1.54, 1.807) is 0 Å². The Kier molecular flexibility index (Phi) is 1.86. The van der Waals surface area contributed by atoms with Crippen molar-refractivity contribution < 1.29 is 4.79 Å². The summed E-state index contributed by atoms with van der Waals surface area (Å²) in [6.45, 7) is 1.53. The van der Waals surface area contributed by atoms with Crippen molar-refractivity contribution >= 4 is 6.03 Å². The van der Waals surface area contributed by atoms with Crippen molar-refractivity contribution in [3.05, 3.63) is 16.3 Å². The molecular weight excluding hydrogens is 162 g/mol. The minimum Gasteiger partial charge on any atom is -0.339 e. The van der Waals surface area contributed by atoms with Gasteiger partial charge in [-0.3, -0.25) is 0 Å². The first kappa shape index (κ1) is 8.31. The third-order valence-electron chi connectivity index (χ3n) is 1.39. The first-order chi connectivity index (χ1) is 5.57. The molecule has 0 radical (unpaired) electrons. The van der Waals surface area contributed by atoms with Gasteiger partial charge in [-0.25, -0.2) is 9.59 Å². The summed E-state index contributed by atoms with van der Waals surface area (Å²) < 4.78 is 1.46. The van der Waals surface area contributed by atoms with Gasteiger partial charge in [-0.2, -0.15) is 4.68 Å². The molecular formula is C5H9N5O2. The Bertz CT molecular complexity index is 362. The van der Waals surface area contributed by atoms with E-state index in [0.717, 1.165) is 4.68 Å². The number of carbonyl (C=O) groups is 1. The highest BCUT2D eigenvalue weighted by atomic mass is 16.2. The highest BCUT2D eigenvalue weighted by Crippen LogP contribution is 1.82. The molecule has 0 aromatic carbocycles. The molecule has 0 aliphatic rings. The maximum absolute atomic E-state index is 11.1. The van der Waals surface area contributed by atoms with E-state index in [9.17, 15) is 9.59 Å². The molecule has 66 valence electrons. The van der Waals surface area contributed by atoms with Crippen LogP contribution in [0.2, 0.25) is 0 Å². The summed E-state index contributed by atoms with van der Waals surface area (Å²) in [6, 6.07) is -0.604. The number of amides is 1. The van der Waals surface area contributed by atoms with Gasteiger partial charge in [0.25, 0.3) is 0 Å². The molecule has 0 spiro atoms. The minimum atomic E-state index is -0.660. The average Bonchev–Trinajstić information content (AvgIpc) is 2.32. The monoisotopic (exact) mass is 171 g/mol. The Hall–Kier alpha value is -1.79. The number of hydrogen-bond donors (Lipinski definition) is 2. The highest BCUT2D eigenvalue weighted by Gasteiger charge is 2.11. The van der Waals surface area contributed by atoms with E-state index in [4.69, 9.17) is 5.84 Å². The maximum Gasteiger partial charge on any atom is 0.373 e. The lowest BCUT2D eigenvalue weighted by Crippen LogP contribution is -2.37. The van der Waals surface area contributed by atoms with E-state index in [2.05, 4.69) is 10.4 Å². The molecule has 1 heterocycles. The fourth-order valence-corrected chi connectivity index (χ4v) is 0.714. The van der Waals surface area contributed by atoms with Crippen LogP contribution in [0, 0.1) is 6.92 Å². The fourth-order valence-electron chi connectivity index (χ4n) is 0.714. The number of aryl methyl sites for hydroxylation is 1. The molecule has 0 aliphatic carbocycles. The Morgan fingerprint density at radius 1 is 1.67 bits per heavy atom. The standard InChI is InChI=1S/C5H9N5O2/c1-3-8-10(4(11)7-2)5(12)9(3)6/h6H2,1-2H3,(H,7,11). The summed E-state index contributed by atoms with van der Waals surface area (Å²) in [6.07, 6.45) is 0. The summed E-state index contributed by atoms with van der Waals surface area (Å²) in [7, 11) is 1.40. The van der Waals surface area contributed by atoms with Gasteiger partial charge in [0.2, 0.25) is 0 Å². The lowest BCUT2D eigenvalue weighted by molar-refractivity contribution is 0.240. The van der Waals surface area contributed by atoms with E-state index in [1.165, 1.54) is 14.0 Å². The number of rotatable bonds is 0. The molecule has 1 amide bonds. The number of aromatic nitrogens is 3. The van der Waals surface area contributed by atoms with E-state index in [-0.39, 0.29) is 5.82 Å². The summed E-state index contributed by atoms with van der Waals surface area (Å²) in [5, 5.41) is 5.87. The predicted octanol–water partition coefficient (Wildman–Crippen LogP) is -1.75. The van der Waals surface area contributed by atoms with Gasteiger partial charge in [0, 0.05) is 7.05 Å². The number of nitrogens with two attached hydrogens (primary N) is 1. The first-order valence-corrected chi connectivity index (χ1v) is 3.23. The predicted molar refractivity (Wildman–Crippen MR) is 41.2 cm³/mol. The van der Waals surface area contributed by atoms with Gasteiger partial charge in [-0.1, -0.05) is 0 Å². The molecule has 3 N–H and O–H groups in total. The van der Waals surface area contributed by atoms with Gasteiger partial charge < -0.3 is 11.2 Å². The van der Waals surface area contributed by atoms with Crippen LogP contribution in [0.15, 0.2) is 4.79 Å². The Labute approximate surface area is 67.7 Å². The number of hydrogen-bond acceptors (Lipinski definition) is 4. The smallest absolute Gasteiger partial charge is 0.339 e. The fraction of sp³-hybridized carbons (Fsp3) is 0.400. The molecule has 1 aromatic heterocycles. The normalized spacial score (nSPS) is 9.83. The highest BCUT2D eigenvalue weighted by molar-refractivity contribution is 5.74. The quantitative estimate of drug-likeness (QED) is 0.453. The van der Waals surface area contributed by atoms with Crippen molar-refractivity contribution in [2.45, 2.75) is 6.92 Å². The summed E-state index contributed by atoms with van der Waals surface area (Å²) in [4.78, 5) is 22.0. The molecule has 7 nitrogen and oxygen atoms in total. The van der Waals surface area contributed by atoms with Gasteiger partial charge in [0.15, 0.2) is 5.82 Å². The Morgan fingerprint density at radius 2 is 2.25 bits per heavy atom. The molecule has 0 aliphatic heterocycles. The second-order valence-corrected chi connectivity index (χ2v) is 2.17. The zero-order valence-corrected chi connectivity index (χ0v) is 6.74. The van der Waals surface area contributed by atoms with Crippen LogP contribution in [0.25, 0.3) is 0 Å². The SMILES string of the molecule is CNC(=O)n1nc(C)n(N)c1=O. The van der Waals surface area contributed by atoms with Gasteiger partial charge in [0.05, 0.1) is 0 Å². The zero-order chi connectivity index (χ0) is 9.30. The molecule has 7 heteroatoms. The third-order valence-corrected chi connectivity index (χ3v) is 1.39. The Balaban J connectivity index is 3.28. The van der Waals surface area contributed by atoms with Crippen molar-refractivity contribution in [1.82, 2.24) is 19.8 Å². The Morgan fingerprint density at radius 3 is 2.58 bits per heavy atom. The van der Waals surface area contributed by atoms with Crippen LogP contribution >= 0.6 is 0 Å². The lowest BCUT2D eigenvalue weighted by atomic mass is 10.7. The van der Waals surface area contributed by atoms with Crippen LogP contribution in [0.1, 0.15) is 5.82 Å². The van der Waals surface area contributed by atoms with Crippen LogP contribution in [0.3, 0.4) is 0 Å². The molecule has 1 aromatic rings. The van der Waals surface area contributed by atoms with E-state index >= 15 is 0 Å². The van der Waals surface area contributed by atoms with Crippen LogP contribution in [-0.4, -0.2) is 27.5 Å². The topological polar surface area (TPSA) is 94.9 Å². The molecule has 0 atom stereocenters. The average molecular weight is 171 g/mol. The number of nitrogens with zero attached hydrogens (tertiary/aromatic N) is 3. The van der Waals surface area contributed by atoms with E-state index in [0.29, 0.717) is 4.68 Å². The van der Waals surface area contributed by atoms with Crippen LogP contribution < -0.4 is 16.8 Å². The van der Waals surface area contributed by atoms with Gasteiger partial charge in [-0.15, -0.1) is 9.78 Å². The first-order valence-electron chi connectivity index (χ1n) is 3.23. The van der Waals surface area contributed by atoms with Gasteiger partial charge in [-0.05, 0) is 6.92 Å². The largest absolute Gasteiger partial charge is 0.373 e. The molecule has 12 heavy (non-hydrogen) atoms. The van der Waals surface area contributed by atoms with Crippen LogP contribution in [0.4, 0.5) is 4.79 Å². The van der Waals surface area contributed by atoms with Crippen molar-refractivity contribution in [2.24, 2.45) is 0 Å². The van der Waals surface area contributed by atoms with Gasteiger partial charge >= 0.3 is 11.7 Å². The van der Waals surface area contributed by atoms with Crippen LogP contribution in [0.5, 0.6) is 0 Å². The summed E-state index contributed by atoms with van der Waals surface area (Å²) in [5.74, 6) is 5.52. The zero-order valence-electron chi connectivity index (χ0n) is 6.74. The second kappa shape index (κ2) is 2.68.